The second kappa shape index (κ2) is 7.98. The molecule has 7 nitrogen and oxygen atoms in total. The van der Waals surface area contributed by atoms with Gasteiger partial charge in [-0.2, -0.15) is 10.2 Å². The van der Waals surface area contributed by atoms with Gasteiger partial charge in [-0.05, 0) is 57.0 Å². The highest BCUT2D eigenvalue weighted by molar-refractivity contribution is 5.99. The first-order chi connectivity index (χ1) is 14.7. The van der Waals surface area contributed by atoms with Crippen molar-refractivity contribution >= 4 is 16.8 Å². The lowest BCUT2D eigenvalue weighted by Crippen LogP contribution is -2.40. The first-order valence-corrected chi connectivity index (χ1v) is 10.5. The Morgan fingerprint density at radius 2 is 1.84 bits per heavy atom. The molecule has 1 amide bonds. The summed E-state index contributed by atoms with van der Waals surface area (Å²) in [6, 6.07) is 13.5. The highest BCUT2D eigenvalue weighted by Gasteiger charge is 2.17. The van der Waals surface area contributed by atoms with Crippen molar-refractivity contribution in [2.45, 2.75) is 46.6 Å². The van der Waals surface area contributed by atoms with E-state index in [9.17, 15) is 4.79 Å². The molecule has 2 heterocycles. The second-order valence-electron chi connectivity index (χ2n) is 9.32. The van der Waals surface area contributed by atoms with Gasteiger partial charge in [0.05, 0.1) is 11.2 Å². The summed E-state index contributed by atoms with van der Waals surface area (Å²) in [4.78, 5) is 17.2. The van der Waals surface area contributed by atoms with Gasteiger partial charge in [0.1, 0.15) is 5.82 Å². The Morgan fingerprint density at radius 3 is 2.58 bits per heavy atom. The largest absolute Gasteiger partial charge is 0.347 e. The minimum atomic E-state index is -0.300. The third kappa shape index (κ3) is 4.66. The van der Waals surface area contributed by atoms with Gasteiger partial charge in [0.2, 0.25) is 0 Å². The van der Waals surface area contributed by atoms with E-state index in [1.54, 1.807) is 0 Å². The van der Waals surface area contributed by atoms with Crippen molar-refractivity contribution < 1.29 is 4.79 Å². The number of fused-ring (bicyclic) bond motifs is 1. The maximum atomic E-state index is 12.6. The van der Waals surface area contributed by atoms with Crippen molar-refractivity contribution in [3.8, 4) is 22.6 Å². The number of amides is 1. The maximum absolute atomic E-state index is 12.6. The number of nitrogens with zero attached hydrogens (tertiary/aromatic N) is 3. The Labute approximate surface area is 181 Å². The van der Waals surface area contributed by atoms with Crippen LogP contribution in [0.2, 0.25) is 0 Å². The van der Waals surface area contributed by atoms with Crippen LogP contribution in [0, 0.1) is 5.92 Å². The van der Waals surface area contributed by atoms with E-state index in [1.165, 1.54) is 0 Å². The number of aromatic nitrogens is 5. The van der Waals surface area contributed by atoms with E-state index in [1.807, 2.05) is 63.2 Å². The standard InChI is InChI=1S/C24H28N6O/c1-14(2)11-20-25-22(30-28-20)16-9-10-19-18(13-16)21(29-27-19)15-7-6-8-17(12-15)23(31)26-24(3,4)5/h6-10,12-14H,11H2,1-5H3,(H,26,31)(H,27,29)(H,25,28,30). The zero-order valence-corrected chi connectivity index (χ0v) is 18.6. The monoisotopic (exact) mass is 416 g/mol. The van der Waals surface area contributed by atoms with Crippen molar-refractivity contribution in [3.63, 3.8) is 0 Å². The van der Waals surface area contributed by atoms with E-state index in [0.717, 1.165) is 40.0 Å². The van der Waals surface area contributed by atoms with Crippen LogP contribution >= 0.6 is 0 Å². The van der Waals surface area contributed by atoms with Crippen LogP contribution in [0.3, 0.4) is 0 Å². The number of hydrogen-bond acceptors (Lipinski definition) is 4. The molecule has 0 radical (unpaired) electrons. The lowest BCUT2D eigenvalue weighted by atomic mass is 10.0. The predicted octanol–water partition coefficient (Wildman–Crippen LogP) is 4.74. The fourth-order valence-electron chi connectivity index (χ4n) is 3.50. The Morgan fingerprint density at radius 1 is 1.03 bits per heavy atom. The molecule has 0 aliphatic heterocycles. The summed E-state index contributed by atoms with van der Waals surface area (Å²) in [5.41, 5.74) is 3.81. The molecule has 4 aromatic rings. The van der Waals surface area contributed by atoms with Crippen LogP contribution in [0.4, 0.5) is 0 Å². The molecule has 0 fully saturated rings. The van der Waals surface area contributed by atoms with E-state index in [4.69, 9.17) is 0 Å². The first-order valence-electron chi connectivity index (χ1n) is 10.5. The first kappa shape index (κ1) is 20.8. The zero-order valence-electron chi connectivity index (χ0n) is 18.6. The molecular formula is C24H28N6O. The van der Waals surface area contributed by atoms with Gasteiger partial charge in [-0.25, -0.2) is 4.98 Å². The molecule has 3 N–H and O–H groups in total. The number of carbonyl (C=O) groups is 1. The third-order valence-electron chi connectivity index (χ3n) is 4.84. The van der Waals surface area contributed by atoms with Crippen molar-refractivity contribution in [2.24, 2.45) is 5.92 Å². The van der Waals surface area contributed by atoms with Crippen LogP contribution in [0.1, 0.15) is 50.8 Å². The van der Waals surface area contributed by atoms with Gasteiger partial charge in [0, 0.05) is 34.0 Å². The Balaban J connectivity index is 1.69. The number of nitrogens with one attached hydrogen (secondary N) is 3. The van der Waals surface area contributed by atoms with Crippen molar-refractivity contribution in [3.05, 3.63) is 53.9 Å². The number of H-pyrrole nitrogens is 2. The van der Waals surface area contributed by atoms with Crippen LogP contribution in [0.15, 0.2) is 42.5 Å². The van der Waals surface area contributed by atoms with E-state index < -0.39 is 0 Å². The Kier molecular flexibility index (Phi) is 5.35. The highest BCUT2D eigenvalue weighted by atomic mass is 16.1. The number of aromatic amines is 2. The number of rotatable bonds is 5. The minimum absolute atomic E-state index is 0.103. The molecule has 0 atom stereocenters. The molecule has 2 aromatic heterocycles. The van der Waals surface area contributed by atoms with Crippen molar-refractivity contribution in [2.75, 3.05) is 0 Å². The summed E-state index contributed by atoms with van der Waals surface area (Å²) in [7, 11) is 0. The van der Waals surface area contributed by atoms with Gasteiger partial charge in [0.25, 0.3) is 5.91 Å². The molecule has 0 spiro atoms. The van der Waals surface area contributed by atoms with E-state index in [-0.39, 0.29) is 11.4 Å². The smallest absolute Gasteiger partial charge is 0.251 e. The van der Waals surface area contributed by atoms with E-state index in [0.29, 0.717) is 17.3 Å². The molecule has 2 aromatic carbocycles. The highest BCUT2D eigenvalue weighted by Crippen LogP contribution is 2.30. The summed E-state index contributed by atoms with van der Waals surface area (Å²) in [5.74, 6) is 1.96. The summed E-state index contributed by atoms with van der Waals surface area (Å²) < 4.78 is 0. The van der Waals surface area contributed by atoms with E-state index in [2.05, 4.69) is 44.5 Å². The molecular weight excluding hydrogens is 388 g/mol. The van der Waals surface area contributed by atoms with Crippen LogP contribution < -0.4 is 5.32 Å². The summed E-state index contributed by atoms with van der Waals surface area (Å²) in [6.45, 7) is 10.2. The average Bonchev–Trinajstić information content (AvgIpc) is 3.32. The van der Waals surface area contributed by atoms with Crippen LogP contribution in [0.5, 0.6) is 0 Å². The molecule has 31 heavy (non-hydrogen) atoms. The molecule has 0 aliphatic carbocycles. The van der Waals surface area contributed by atoms with Crippen molar-refractivity contribution in [1.82, 2.24) is 30.7 Å². The molecule has 160 valence electrons. The number of carbonyl (C=O) groups excluding carboxylic acids is 1. The van der Waals surface area contributed by atoms with Crippen LogP contribution in [-0.4, -0.2) is 36.8 Å². The van der Waals surface area contributed by atoms with Gasteiger partial charge in [-0.15, -0.1) is 0 Å². The quantitative estimate of drug-likeness (QED) is 0.437. The summed E-state index contributed by atoms with van der Waals surface area (Å²) in [6.07, 6.45) is 0.857. The van der Waals surface area contributed by atoms with Gasteiger partial charge in [-0.3, -0.25) is 15.0 Å². The lowest BCUT2D eigenvalue weighted by Gasteiger charge is -2.20. The van der Waals surface area contributed by atoms with Crippen LogP contribution in [-0.2, 0) is 6.42 Å². The normalized spacial score (nSPS) is 11.9. The average molecular weight is 417 g/mol. The topological polar surface area (TPSA) is 99.3 Å². The molecule has 0 unspecified atom stereocenters. The summed E-state index contributed by atoms with van der Waals surface area (Å²) >= 11 is 0. The van der Waals surface area contributed by atoms with Gasteiger partial charge in [0.15, 0.2) is 5.82 Å². The van der Waals surface area contributed by atoms with Gasteiger partial charge < -0.3 is 5.32 Å². The molecule has 4 rings (SSSR count). The SMILES string of the molecule is CC(C)Cc1nc(-c2ccc3[nH]nc(-c4cccc(C(=O)NC(C)(C)C)c4)c3c2)n[nH]1. The summed E-state index contributed by atoms with van der Waals surface area (Å²) in [5, 5.41) is 19.0. The van der Waals surface area contributed by atoms with Gasteiger partial charge in [-0.1, -0.05) is 26.0 Å². The second-order valence-corrected chi connectivity index (χ2v) is 9.32. The predicted molar refractivity (Wildman–Crippen MR) is 123 cm³/mol. The molecule has 7 heteroatoms. The molecule has 0 aliphatic rings. The lowest BCUT2D eigenvalue weighted by molar-refractivity contribution is 0.0919. The van der Waals surface area contributed by atoms with Gasteiger partial charge >= 0.3 is 0 Å². The molecule has 0 bridgehead atoms. The van der Waals surface area contributed by atoms with Crippen LogP contribution in [0.25, 0.3) is 33.5 Å². The fraction of sp³-hybridized carbons (Fsp3) is 0.333. The molecule has 0 saturated carbocycles. The Hall–Kier alpha value is -3.48. The van der Waals surface area contributed by atoms with E-state index >= 15 is 0 Å². The number of benzene rings is 2. The maximum Gasteiger partial charge on any atom is 0.251 e. The minimum Gasteiger partial charge on any atom is -0.347 e. The van der Waals surface area contributed by atoms with Crippen molar-refractivity contribution in [1.29, 1.82) is 0 Å². The molecule has 0 saturated heterocycles. The fourth-order valence-corrected chi connectivity index (χ4v) is 3.50. The third-order valence-corrected chi connectivity index (χ3v) is 4.84. The Bertz CT molecular complexity index is 1230. The number of hydrogen-bond donors (Lipinski definition) is 3. The zero-order chi connectivity index (χ0) is 22.2.